The first-order valence-electron chi connectivity index (χ1n) is 9.16. The molecule has 0 N–H and O–H groups in total. The Morgan fingerprint density at radius 2 is 1.62 bits per heavy atom. The molecule has 0 saturated carbocycles. The van der Waals surface area contributed by atoms with Crippen LogP contribution in [0, 0.1) is 12.7 Å². The standard InChI is InChI=1S/C21H13F7N4/c1-11-3-2-4-14(18(11)22)19-30-16-8-29-32(10-17(16)31-19)9-12-5-6-13(20(23,24)25)7-15(12)21(26,27)28/h2-8,10H,9H2,1H3. The first-order chi connectivity index (χ1) is 14.9. The topological polar surface area (TPSA) is 43.6 Å². The SMILES string of the molecule is Cc1cccc(-c2nc3cnn(Cc4ccc(C(F)(F)F)cc4C(F)(F)F)cc-3n2)c1F. The van der Waals surface area contributed by atoms with Crippen LogP contribution in [0.4, 0.5) is 30.7 Å². The normalized spacial score (nSPS) is 12.5. The number of halogens is 7. The van der Waals surface area contributed by atoms with Crippen LogP contribution in [-0.2, 0) is 18.9 Å². The third-order valence-electron chi connectivity index (χ3n) is 4.82. The maximum absolute atomic E-state index is 14.4. The van der Waals surface area contributed by atoms with Gasteiger partial charge in [0, 0.05) is 0 Å². The van der Waals surface area contributed by atoms with Gasteiger partial charge in [-0.2, -0.15) is 31.4 Å². The number of alkyl halides is 6. The highest BCUT2D eigenvalue weighted by molar-refractivity contribution is 5.66. The fourth-order valence-electron chi connectivity index (χ4n) is 3.22. The Morgan fingerprint density at radius 1 is 0.906 bits per heavy atom. The molecule has 0 unspecified atom stereocenters. The molecular weight excluding hydrogens is 441 g/mol. The molecule has 0 spiro atoms. The average Bonchev–Trinajstić information content (AvgIpc) is 3.12. The third kappa shape index (κ3) is 4.14. The van der Waals surface area contributed by atoms with Crippen LogP contribution in [0.15, 0.2) is 48.8 Å². The Kier molecular flexibility index (Phi) is 5.14. The quantitative estimate of drug-likeness (QED) is 0.358. The predicted molar refractivity (Wildman–Crippen MR) is 100 cm³/mol. The van der Waals surface area contributed by atoms with Crippen LogP contribution in [-0.4, -0.2) is 19.7 Å². The van der Waals surface area contributed by atoms with Crippen LogP contribution in [0.2, 0.25) is 0 Å². The van der Waals surface area contributed by atoms with Crippen LogP contribution in [0.25, 0.3) is 22.8 Å². The minimum absolute atomic E-state index is 0.0787. The number of imidazole rings is 1. The van der Waals surface area contributed by atoms with Gasteiger partial charge in [0.15, 0.2) is 5.82 Å². The molecule has 4 nitrogen and oxygen atoms in total. The molecular formula is C21H13F7N4. The van der Waals surface area contributed by atoms with Gasteiger partial charge in [-0.3, -0.25) is 4.68 Å². The molecule has 2 aromatic carbocycles. The average molecular weight is 454 g/mol. The first kappa shape index (κ1) is 21.7. The van der Waals surface area contributed by atoms with E-state index >= 15 is 0 Å². The zero-order valence-electron chi connectivity index (χ0n) is 16.3. The van der Waals surface area contributed by atoms with Gasteiger partial charge in [-0.25, -0.2) is 14.4 Å². The Balaban J connectivity index is 1.71. The molecule has 4 rings (SSSR count). The van der Waals surface area contributed by atoms with Crippen molar-refractivity contribution in [2.45, 2.75) is 25.8 Å². The summed E-state index contributed by atoms with van der Waals surface area (Å²) in [5.74, 6) is -0.408. The number of nitrogens with zero attached hydrogens (tertiary/aromatic N) is 4. The van der Waals surface area contributed by atoms with Gasteiger partial charge in [0.2, 0.25) is 0 Å². The van der Waals surface area contributed by atoms with Gasteiger partial charge < -0.3 is 0 Å². The molecule has 0 atom stereocenters. The second kappa shape index (κ2) is 7.57. The second-order valence-electron chi connectivity index (χ2n) is 7.09. The molecule has 11 heteroatoms. The summed E-state index contributed by atoms with van der Waals surface area (Å²) in [5.41, 5.74) is -2.10. The smallest absolute Gasteiger partial charge is 0.266 e. The summed E-state index contributed by atoms with van der Waals surface area (Å²) in [6, 6.07) is 6.15. The van der Waals surface area contributed by atoms with Gasteiger partial charge >= 0.3 is 12.4 Å². The highest BCUT2D eigenvalue weighted by Crippen LogP contribution is 2.37. The van der Waals surface area contributed by atoms with E-state index in [9.17, 15) is 30.7 Å². The van der Waals surface area contributed by atoms with Crippen molar-refractivity contribution in [3.8, 4) is 22.8 Å². The monoisotopic (exact) mass is 454 g/mol. The van der Waals surface area contributed by atoms with Crippen LogP contribution < -0.4 is 0 Å². The van der Waals surface area contributed by atoms with Crippen LogP contribution in [0.3, 0.4) is 0 Å². The molecule has 0 amide bonds. The minimum atomic E-state index is -4.99. The van der Waals surface area contributed by atoms with Gasteiger partial charge in [0.25, 0.3) is 0 Å². The Morgan fingerprint density at radius 3 is 2.31 bits per heavy atom. The van der Waals surface area contributed by atoms with Gasteiger partial charge in [-0.15, -0.1) is 0 Å². The molecule has 0 fully saturated rings. The summed E-state index contributed by atoms with van der Waals surface area (Å²) in [6.45, 7) is 1.13. The zero-order valence-corrected chi connectivity index (χ0v) is 16.3. The van der Waals surface area contributed by atoms with E-state index in [-0.39, 0.29) is 23.1 Å². The number of fused-ring (bicyclic) bond motifs is 1. The molecule has 32 heavy (non-hydrogen) atoms. The van der Waals surface area contributed by atoms with Crippen molar-refractivity contribution in [1.82, 2.24) is 19.7 Å². The van der Waals surface area contributed by atoms with Crippen LogP contribution >= 0.6 is 0 Å². The lowest BCUT2D eigenvalue weighted by Crippen LogP contribution is -2.16. The van der Waals surface area contributed by atoms with Crippen molar-refractivity contribution >= 4 is 0 Å². The third-order valence-corrected chi connectivity index (χ3v) is 4.82. The number of rotatable bonds is 3. The van der Waals surface area contributed by atoms with Crippen molar-refractivity contribution < 1.29 is 30.7 Å². The summed E-state index contributed by atoms with van der Waals surface area (Å²) in [4.78, 5) is 8.42. The van der Waals surface area contributed by atoms with Crippen molar-refractivity contribution in [1.29, 1.82) is 0 Å². The maximum atomic E-state index is 14.4. The predicted octanol–water partition coefficient (Wildman–Crippen LogP) is 5.98. The van der Waals surface area contributed by atoms with Crippen molar-refractivity contribution in [3.63, 3.8) is 0 Å². The summed E-state index contributed by atoms with van der Waals surface area (Å²) in [7, 11) is 0. The van der Waals surface area contributed by atoms with E-state index < -0.39 is 41.4 Å². The summed E-state index contributed by atoms with van der Waals surface area (Å²) < 4.78 is 94.2. The molecule has 0 aliphatic carbocycles. The van der Waals surface area contributed by atoms with Crippen molar-refractivity contribution in [2.24, 2.45) is 0 Å². The molecule has 2 aliphatic rings. The number of aryl methyl sites for hydroxylation is 1. The van der Waals surface area contributed by atoms with E-state index in [1.54, 1.807) is 19.1 Å². The summed E-state index contributed by atoms with van der Waals surface area (Å²) in [5, 5.41) is 3.97. The van der Waals surface area contributed by atoms with Crippen molar-refractivity contribution in [3.05, 3.63) is 76.9 Å². The largest absolute Gasteiger partial charge is 0.416 e. The van der Waals surface area contributed by atoms with Crippen LogP contribution in [0.5, 0.6) is 0 Å². The van der Waals surface area contributed by atoms with E-state index in [0.717, 1.165) is 10.7 Å². The number of benzene rings is 2. The lowest BCUT2D eigenvalue weighted by Gasteiger charge is -2.16. The fraction of sp³-hybridized carbons (Fsp3) is 0.190. The molecule has 0 saturated heterocycles. The van der Waals surface area contributed by atoms with E-state index in [2.05, 4.69) is 15.1 Å². The van der Waals surface area contributed by atoms with E-state index in [1.165, 1.54) is 18.5 Å². The van der Waals surface area contributed by atoms with E-state index in [1.807, 2.05) is 0 Å². The lowest BCUT2D eigenvalue weighted by molar-refractivity contribution is -0.143. The van der Waals surface area contributed by atoms with E-state index in [0.29, 0.717) is 17.3 Å². The summed E-state index contributed by atoms with van der Waals surface area (Å²) >= 11 is 0. The molecule has 2 aromatic rings. The number of hydrogen-bond acceptors (Lipinski definition) is 3. The Bertz CT molecular complexity index is 1260. The molecule has 166 valence electrons. The zero-order chi connectivity index (χ0) is 23.3. The van der Waals surface area contributed by atoms with Gasteiger partial charge in [-0.1, -0.05) is 18.2 Å². The van der Waals surface area contributed by atoms with Crippen LogP contribution in [0.1, 0.15) is 22.3 Å². The van der Waals surface area contributed by atoms with Gasteiger partial charge in [-0.05, 0) is 36.2 Å². The fourth-order valence-corrected chi connectivity index (χ4v) is 3.22. The molecule has 0 radical (unpaired) electrons. The number of aromatic nitrogens is 4. The molecule has 2 aliphatic heterocycles. The molecule has 0 aromatic heterocycles. The molecule has 0 bridgehead atoms. The highest BCUT2D eigenvalue weighted by Gasteiger charge is 2.38. The highest BCUT2D eigenvalue weighted by atomic mass is 19.4. The first-order valence-corrected chi connectivity index (χ1v) is 9.16. The summed E-state index contributed by atoms with van der Waals surface area (Å²) in [6.07, 6.45) is -7.35. The maximum Gasteiger partial charge on any atom is 0.416 e. The molecule has 2 heterocycles. The van der Waals surface area contributed by atoms with Gasteiger partial charge in [0.05, 0.1) is 35.6 Å². The van der Waals surface area contributed by atoms with Crippen molar-refractivity contribution in [2.75, 3.05) is 0 Å². The second-order valence-corrected chi connectivity index (χ2v) is 7.09. The van der Waals surface area contributed by atoms with E-state index in [4.69, 9.17) is 0 Å². The minimum Gasteiger partial charge on any atom is -0.266 e. The Hall–Kier alpha value is -3.50. The number of hydrogen-bond donors (Lipinski definition) is 0. The Labute approximate surface area is 176 Å². The van der Waals surface area contributed by atoms with Gasteiger partial charge in [0.1, 0.15) is 17.2 Å². The lowest BCUT2D eigenvalue weighted by atomic mass is 10.0.